The Labute approximate surface area is 206 Å². The maximum Gasteiger partial charge on any atom is 0.416 e. The highest BCUT2D eigenvalue weighted by atomic mass is 19.4. The van der Waals surface area contributed by atoms with Crippen LogP contribution in [0.5, 0.6) is 0 Å². The van der Waals surface area contributed by atoms with Crippen LogP contribution in [0.3, 0.4) is 0 Å². The lowest BCUT2D eigenvalue weighted by Gasteiger charge is -2.42. The zero-order valence-corrected chi connectivity index (χ0v) is 19.3. The summed E-state index contributed by atoms with van der Waals surface area (Å²) in [6.45, 7) is 0.653. The molecule has 1 aliphatic heterocycles. The van der Waals surface area contributed by atoms with Gasteiger partial charge in [-0.25, -0.2) is 14.3 Å². The van der Waals surface area contributed by atoms with Gasteiger partial charge in [0.2, 0.25) is 0 Å². The van der Waals surface area contributed by atoms with Gasteiger partial charge in [0.15, 0.2) is 0 Å². The average molecular weight is 532 g/mol. The Morgan fingerprint density at radius 1 is 0.973 bits per heavy atom. The average Bonchev–Trinajstić information content (AvgIpc) is 3.24. The van der Waals surface area contributed by atoms with Crippen molar-refractivity contribution in [2.24, 2.45) is 0 Å². The van der Waals surface area contributed by atoms with Gasteiger partial charge in [0, 0.05) is 5.41 Å². The third-order valence-corrected chi connectivity index (χ3v) is 6.48. The van der Waals surface area contributed by atoms with Gasteiger partial charge in [-0.3, -0.25) is 9.88 Å². The quantitative estimate of drug-likeness (QED) is 0.419. The maximum atomic E-state index is 14.8. The highest BCUT2D eigenvalue weighted by Crippen LogP contribution is 2.39. The van der Waals surface area contributed by atoms with Crippen molar-refractivity contribution < 1.29 is 35.5 Å². The molecule has 1 aromatic heterocycles. The highest BCUT2D eigenvalue weighted by Gasteiger charge is 2.39. The summed E-state index contributed by atoms with van der Waals surface area (Å²) >= 11 is 0. The summed E-state index contributed by atoms with van der Waals surface area (Å²) in [5.41, 5.74) is -4.06. The second kappa shape index (κ2) is 10.3. The topological polar surface area (TPSA) is 74.0 Å². The predicted molar refractivity (Wildman–Crippen MR) is 118 cm³/mol. The van der Waals surface area contributed by atoms with Gasteiger partial charge in [-0.05, 0) is 61.3 Å². The summed E-state index contributed by atoms with van der Waals surface area (Å²) in [7, 11) is 0. The van der Waals surface area contributed by atoms with Crippen LogP contribution in [-0.2, 0) is 35.7 Å². The Bertz CT molecular complexity index is 1240. The van der Waals surface area contributed by atoms with E-state index in [9.17, 15) is 35.5 Å². The Hall–Kier alpha value is -3.19. The minimum Gasteiger partial charge on any atom is -0.376 e. The highest BCUT2D eigenvalue weighted by molar-refractivity contribution is 5.33. The molecule has 1 fully saturated rings. The molecule has 0 unspecified atom stereocenters. The molecule has 0 atom stereocenters. The van der Waals surface area contributed by atoms with E-state index < -0.39 is 47.0 Å². The van der Waals surface area contributed by atoms with Crippen molar-refractivity contribution in [3.05, 3.63) is 86.8 Å². The molecule has 200 valence electrons. The Balaban J connectivity index is 1.52. The smallest absolute Gasteiger partial charge is 0.376 e. The number of nitrogens with one attached hydrogen (secondary N) is 2. The van der Waals surface area contributed by atoms with Crippen LogP contribution in [0.25, 0.3) is 0 Å². The molecule has 6 nitrogen and oxygen atoms in total. The maximum absolute atomic E-state index is 14.8. The van der Waals surface area contributed by atoms with Crippen molar-refractivity contribution >= 4 is 0 Å². The van der Waals surface area contributed by atoms with Gasteiger partial charge in [-0.15, -0.1) is 0 Å². The molecule has 0 saturated carbocycles. The molecule has 2 heterocycles. The fourth-order valence-electron chi connectivity index (χ4n) is 4.58. The second-order valence-corrected chi connectivity index (χ2v) is 9.07. The molecule has 1 aliphatic rings. The standard InChI is InChI=1S/C24H23F7N4O2/c25-19-4-2-1-3-18(19)22(5-7-35(8-6-22)12-20-32-21(36)34-33-20)14-37-13-15-9-16(23(26,27)28)11-17(10-15)24(29,30)31/h1-4,9-11H,5-8,12-14H2,(H2,32,33,34,36). The van der Waals surface area contributed by atoms with Crippen molar-refractivity contribution in [1.82, 2.24) is 20.1 Å². The van der Waals surface area contributed by atoms with Crippen LogP contribution in [0.1, 0.15) is 40.9 Å². The monoisotopic (exact) mass is 532 g/mol. The molecule has 0 amide bonds. The predicted octanol–water partition coefficient (Wildman–Crippen LogP) is 5.03. The molecule has 2 aromatic carbocycles. The number of H-pyrrole nitrogens is 2. The first-order valence-corrected chi connectivity index (χ1v) is 11.3. The fourth-order valence-corrected chi connectivity index (χ4v) is 4.58. The van der Waals surface area contributed by atoms with E-state index in [1.54, 1.807) is 12.1 Å². The van der Waals surface area contributed by atoms with Gasteiger partial charge < -0.3 is 4.74 Å². The van der Waals surface area contributed by atoms with Crippen molar-refractivity contribution in [2.75, 3.05) is 19.7 Å². The summed E-state index contributed by atoms with van der Waals surface area (Å²) in [5, 5.41) is 6.15. The van der Waals surface area contributed by atoms with E-state index in [0.29, 0.717) is 56.0 Å². The number of benzene rings is 2. The van der Waals surface area contributed by atoms with Crippen LogP contribution >= 0.6 is 0 Å². The summed E-state index contributed by atoms with van der Waals surface area (Å²) in [4.78, 5) is 15.8. The van der Waals surface area contributed by atoms with Crippen molar-refractivity contribution in [2.45, 2.75) is 43.8 Å². The number of aromatic nitrogens is 3. The molecular weight excluding hydrogens is 509 g/mol. The Kier molecular flexibility index (Phi) is 7.47. The molecule has 0 aliphatic carbocycles. The third kappa shape index (κ3) is 6.39. The number of hydrogen-bond donors (Lipinski definition) is 2. The van der Waals surface area contributed by atoms with Gasteiger partial charge in [-0.1, -0.05) is 18.2 Å². The molecule has 0 bridgehead atoms. The van der Waals surface area contributed by atoms with E-state index in [1.165, 1.54) is 12.1 Å². The minimum atomic E-state index is -4.96. The number of likely N-dealkylation sites (tertiary alicyclic amines) is 1. The van der Waals surface area contributed by atoms with Gasteiger partial charge in [0.25, 0.3) is 0 Å². The lowest BCUT2D eigenvalue weighted by Crippen LogP contribution is -2.45. The second-order valence-electron chi connectivity index (χ2n) is 9.07. The third-order valence-electron chi connectivity index (χ3n) is 6.48. The molecule has 0 spiro atoms. The van der Waals surface area contributed by atoms with Crippen LogP contribution < -0.4 is 5.69 Å². The first-order chi connectivity index (χ1) is 17.4. The lowest BCUT2D eigenvalue weighted by atomic mass is 9.73. The van der Waals surface area contributed by atoms with Crippen LogP contribution in [0.4, 0.5) is 30.7 Å². The number of hydrogen-bond acceptors (Lipinski definition) is 4. The summed E-state index contributed by atoms with van der Waals surface area (Å²) < 4.78 is 99.6. The van der Waals surface area contributed by atoms with Gasteiger partial charge >= 0.3 is 18.0 Å². The molecule has 13 heteroatoms. The number of rotatable bonds is 7. The number of ether oxygens (including phenoxy) is 1. The molecular formula is C24H23F7N4O2. The van der Waals surface area contributed by atoms with Crippen LogP contribution in [0.2, 0.25) is 0 Å². The van der Waals surface area contributed by atoms with E-state index in [2.05, 4.69) is 15.2 Å². The minimum absolute atomic E-state index is 0.0621. The molecule has 2 N–H and O–H groups in total. The number of alkyl halides is 6. The SMILES string of the molecule is O=c1[nH]nc(CN2CCC(COCc3cc(C(F)(F)F)cc(C(F)(F)F)c3)(c3ccccc3F)CC2)[nH]1. The van der Waals surface area contributed by atoms with E-state index in [4.69, 9.17) is 4.74 Å². The molecule has 37 heavy (non-hydrogen) atoms. The first-order valence-electron chi connectivity index (χ1n) is 11.3. The largest absolute Gasteiger partial charge is 0.416 e. The molecule has 4 rings (SSSR count). The summed E-state index contributed by atoms with van der Waals surface area (Å²) in [6.07, 6.45) is -9.12. The van der Waals surface area contributed by atoms with E-state index in [-0.39, 0.29) is 18.2 Å². The number of aromatic amines is 2. The van der Waals surface area contributed by atoms with Crippen LogP contribution in [-0.4, -0.2) is 39.8 Å². The van der Waals surface area contributed by atoms with Crippen molar-refractivity contribution in [3.63, 3.8) is 0 Å². The van der Waals surface area contributed by atoms with Crippen LogP contribution in [0, 0.1) is 5.82 Å². The van der Waals surface area contributed by atoms with Crippen LogP contribution in [0.15, 0.2) is 47.3 Å². The Morgan fingerprint density at radius 2 is 1.59 bits per heavy atom. The number of nitrogens with zero attached hydrogens (tertiary/aromatic N) is 2. The van der Waals surface area contributed by atoms with Gasteiger partial charge in [0.05, 0.1) is 30.9 Å². The van der Waals surface area contributed by atoms with Gasteiger partial charge in [-0.2, -0.15) is 31.4 Å². The zero-order valence-electron chi connectivity index (χ0n) is 19.3. The summed E-state index contributed by atoms with van der Waals surface area (Å²) in [5.74, 6) is -0.0423. The fraction of sp³-hybridized carbons (Fsp3) is 0.417. The van der Waals surface area contributed by atoms with E-state index in [1.807, 2.05) is 4.90 Å². The van der Waals surface area contributed by atoms with E-state index in [0.717, 1.165) is 0 Å². The number of piperidine rings is 1. The van der Waals surface area contributed by atoms with Crippen molar-refractivity contribution in [1.29, 1.82) is 0 Å². The zero-order chi connectivity index (χ0) is 26.8. The Morgan fingerprint density at radius 3 is 2.14 bits per heavy atom. The molecule has 1 saturated heterocycles. The number of halogens is 7. The summed E-state index contributed by atoms with van der Waals surface area (Å²) in [6, 6.07) is 7.39. The lowest BCUT2D eigenvalue weighted by molar-refractivity contribution is -0.143. The molecule has 3 aromatic rings. The molecule has 0 radical (unpaired) electrons. The normalized spacial score (nSPS) is 16.7. The first kappa shape index (κ1) is 26.9. The van der Waals surface area contributed by atoms with Crippen molar-refractivity contribution in [3.8, 4) is 0 Å². The van der Waals surface area contributed by atoms with Gasteiger partial charge in [0.1, 0.15) is 11.6 Å². The van der Waals surface area contributed by atoms with E-state index >= 15 is 0 Å².